The zero-order valence-corrected chi connectivity index (χ0v) is 11.8. The fourth-order valence-corrected chi connectivity index (χ4v) is 3.90. The maximum atomic E-state index is 12.4. The van der Waals surface area contributed by atoms with Crippen LogP contribution in [-0.4, -0.2) is 24.0 Å². The van der Waals surface area contributed by atoms with Crippen molar-refractivity contribution >= 4 is 5.91 Å². The number of hydrogen-bond acceptors (Lipinski definition) is 2. The minimum atomic E-state index is 0.262. The Hall–Kier alpha value is -1.51. The minimum absolute atomic E-state index is 0.262. The minimum Gasteiger partial charge on any atom is -0.497 e. The first-order valence-corrected chi connectivity index (χ1v) is 7.05. The van der Waals surface area contributed by atoms with Crippen LogP contribution >= 0.6 is 0 Å². The number of benzene rings is 1. The fourth-order valence-electron chi connectivity index (χ4n) is 3.90. The molecule has 1 aliphatic heterocycles. The summed E-state index contributed by atoms with van der Waals surface area (Å²) in [5.41, 5.74) is 1.18. The Kier molecular flexibility index (Phi) is 3.00. The molecule has 0 spiro atoms. The summed E-state index contributed by atoms with van der Waals surface area (Å²) in [5.74, 6) is 2.63. The first-order chi connectivity index (χ1) is 9.11. The quantitative estimate of drug-likeness (QED) is 0.835. The molecule has 2 bridgehead atoms. The molecule has 3 heteroatoms. The highest BCUT2D eigenvalue weighted by molar-refractivity contribution is 5.83. The van der Waals surface area contributed by atoms with Crippen LogP contribution in [0.4, 0.5) is 0 Å². The van der Waals surface area contributed by atoms with E-state index in [1.807, 2.05) is 24.3 Å². The molecule has 1 saturated heterocycles. The number of fused-ring (bicyclic) bond motifs is 2. The van der Waals surface area contributed by atoms with Gasteiger partial charge in [0.05, 0.1) is 7.11 Å². The molecule has 1 aliphatic carbocycles. The fraction of sp³-hybridized carbons (Fsp3) is 0.562. The lowest BCUT2D eigenvalue weighted by Crippen LogP contribution is -2.41. The van der Waals surface area contributed by atoms with Gasteiger partial charge in [-0.2, -0.15) is 0 Å². The molecular weight excluding hydrogens is 238 g/mol. The Morgan fingerprint density at radius 2 is 1.95 bits per heavy atom. The summed E-state index contributed by atoms with van der Waals surface area (Å²) in [5, 5.41) is 0. The molecule has 0 aromatic heterocycles. The summed E-state index contributed by atoms with van der Waals surface area (Å²) in [4.78, 5) is 14.4. The predicted molar refractivity (Wildman–Crippen MR) is 73.8 cm³/mol. The Bertz CT molecular complexity index is 482. The van der Waals surface area contributed by atoms with Gasteiger partial charge in [-0.15, -0.1) is 0 Å². The van der Waals surface area contributed by atoms with Gasteiger partial charge in [0.25, 0.3) is 0 Å². The first-order valence-electron chi connectivity index (χ1n) is 7.05. The molecule has 19 heavy (non-hydrogen) atoms. The number of methoxy groups -OCH3 is 1. The summed E-state index contributed by atoms with van der Waals surface area (Å²) in [6, 6.07) is 8.45. The molecule has 0 N–H and O–H groups in total. The molecule has 1 saturated carbocycles. The van der Waals surface area contributed by atoms with Crippen molar-refractivity contribution in [3.63, 3.8) is 0 Å². The Morgan fingerprint density at radius 1 is 1.26 bits per heavy atom. The van der Waals surface area contributed by atoms with E-state index in [4.69, 9.17) is 4.74 Å². The van der Waals surface area contributed by atoms with Gasteiger partial charge in [-0.05, 0) is 36.0 Å². The molecule has 4 unspecified atom stereocenters. The average molecular weight is 259 g/mol. The third-order valence-electron chi connectivity index (χ3n) is 4.85. The molecule has 1 amide bonds. The molecule has 1 heterocycles. The number of carbonyl (C=O) groups is 1. The third kappa shape index (κ3) is 1.92. The van der Waals surface area contributed by atoms with Gasteiger partial charge in [-0.3, -0.25) is 4.79 Å². The smallest absolute Gasteiger partial charge is 0.226 e. The second-order valence-electron chi connectivity index (χ2n) is 5.98. The highest BCUT2D eigenvalue weighted by Crippen LogP contribution is 2.47. The van der Waals surface area contributed by atoms with Crippen molar-refractivity contribution < 1.29 is 9.53 Å². The number of carbonyl (C=O) groups excluding carboxylic acids is 1. The van der Waals surface area contributed by atoms with Crippen LogP contribution in [0.2, 0.25) is 0 Å². The van der Waals surface area contributed by atoms with Crippen molar-refractivity contribution in [3.05, 3.63) is 29.8 Å². The van der Waals surface area contributed by atoms with E-state index < -0.39 is 0 Å². The van der Waals surface area contributed by atoms with Crippen molar-refractivity contribution in [1.82, 2.24) is 4.90 Å². The van der Waals surface area contributed by atoms with Crippen LogP contribution in [0.5, 0.6) is 5.75 Å². The molecule has 3 rings (SSSR count). The van der Waals surface area contributed by atoms with Gasteiger partial charge < -0.3 is 9.64 Å². The van der Waals surface area contributed by atoms with E-state index in [1.54, 1.807) is 7.11 Å². The van der Waals surface area contributed by atoms with Crippen LogP contribution in [0.3, 0.4) is 0 Å². The van der Waals surface area contributed by atoms with Crippen molar-refractivity contribution in [2.24, 2.45) is 17.8 Å². The first kappa shape index (κ1) is 12.5. The Balaban J connectivity index is 1.77. The second-order valence-corrected chi connectivity index (χ2v) is 5.98. The average Bonchev–Trinajstić information content (AvgIpc) is 2.82. The van der Waals surface area contributed by atoms with Crippen LogP contribution < -0.4 is 4.74 Å². The van der Waals surface area contributed by atoms with E-state index in [1.165, 1.54) is 5.56 Å². The monoisotopic (exact) mass is 259 g/mol. The summed E-state index contributed by atoms with van der Waals surface area (Å²) in [7, 11) is 1.67. The zero-order valence-electron chi connectivity index (χ0n) is 11.8. The van der Waals surface area contributed by atoms with Crippen LogP contribution in [0, 0.1) is 17.8 Å². The highest BCUT2D eigenvalue weighted by atomic mass is 16.5. The number of rotatable bonds is 3. The number of nitrogens with zero attached hydrogens (tertiary/aromatic N) is 1. The number of likely N-dealkylation sites (tertiary alicyclic amines) is 1. The third-order valence-corrected chi connectivity index (χ3v) is 4.85. The standard InChI is InChI=1S/C16H21NO2/c1-10-8-14-11(2)15(10)17(16(14)18)9-12-4-6-13(19-3)7-5-12/h4-7,10-11,14-15H,8-9H2,1-3H3. The van der Waals surface area contributed by atoms with Crippen molar-refractivity contribution in [1.29, 1.82) is 0 Å². The van der Waals surface area contributed by atoms with Crippen LogP contribution in [0.1, 0.15) is 25.8 Å². The van der Waals surface area contributed by atoms with E-state index in [-0.39, 0.29) is 5.92 Å². The van der Waals surface area contributed by atoms with Crippen LogP contribution in [0.25, 0.3) is 0 Å². The Labute approximate surface area is 114 Å². The molecule has 1 aromatic rings. The van der Waals surface area contributed by atoms with E-state index in [2.05, 4.69) is 18.7 Å². The Morgan fingerprint density at radius 3 is 2.53 bits per heavy atom. The molecule has 1 aromatic carbocycles. The summed E-state index contributed by atoms with van der Waals surface area (Å²) < 4.78 is 5.16. The molecule has 2 fully saturated rings. The summed E-state index contributed by atoms with van der Waals surface area (Å²) >= 11 is 0. The molecule has 0 radical (unpaired) electrons. The van der Waals surface area contributed by atoms with Gasteiger partial charge >= 0.3 is 0 Å². The molecule has 4 atom stereocenters. The lowest BCUT2D eigenvalue weighted by atomic mass is 9.99. The number of hydrogen-bond donors (Lipinski definition) is 0. The van der Waals surface area contributed by atoms with Crippen molar-refractivity contribution in [2.45, 2.75) is 32.9 Å². The molecule has 102 valence electrons. The van der Waals surface area contributed by atoms with Crippen molar-refractivity contribution in [3.8, 4) is 5.75 Å². The molecule has 3 nitrogen and oxygen atoms in total. The largest absolute Gasteiger partial charge is 0.497 e. The van der Waals surface area contributed by atoms with Crippen LogP contribution in [0.15, 0.2) is 24.3 Å². The number of amides is 1. The highest BCUT2D eigenvalue weighted by Gasteiger charge is 2.53. The number of piperidine rings is 1. The topological polar surface area (TPSA) is 29.5 Å². The van der Waals surface area contributed by atoms with E-state index in [0.29, 0.717) is 23.8 Å². The molecule has 2 aliphatic rings. The van der Waals surface area contributed by atoms with Gasteiger partial charge in [0.15, 0.2) is 0 Å². The van der Waals surface area contributed by atoms with E-state index in [9.17, 15) is 4.79 Å². The van der Waals surface area contributed by atoms with E-state index in [0.717, 1.165) is 18.7 Å². The number of ether oxygens (including phenoxy) is 1. The van der Waals surface area contributed by atoms with Gasteiger partial charge in [0, 0.05) is 18.5 Å². The second kappa shape index (κ2) is 4.55. The van der Waals surface area contributed by atoms with Gasteiger partial charge in [0.1, 0.15) is 5.75 Å². The van der Waals surface area contributed by atoms with Gasteiger partial charge in [-0.1, -0.05) is 26.0 Å². The van der Waals surface area contributed by atoms with Crippen LogP contribution in [-0.2, 0) is 11.3 Å². The van der Waals surface area contributed by atoms with Gasteiger partial charge in [0.2, 0.25) is 5.91 Å². The lowest BCUT2D eigenvalue weighted by molar-refractivity contribution is -0.136. The van der Waals surface area contributed by atoms with Gasteiger partial charge in [-0.25, -0.2) is 0 Å². The normalized spacial score (nSPS) is 33.0. The SMILES string of the molecule is COc1ccc(CN2C(=O)C3CC(C)C2C3C)cc1. The van der Waals surface area contributed by atoms with E-state index >= 15 is 0 Å². The summed E-state index contributed by atoms with van der Waals surface area (Å²) in [6.07, 6.45) is 1.07. The molecular formula is C16H21NO2. The predicted octanol–water partition coefficient (Wildman–Crippen LogP) is 2.70. The van der Waals surface area contributed by atoms with Crippen molar-refractivity contribution in [2.75, 3.05) is 7.11 Å². The zero-order chi connectivity index (χ0) is 13.6. The maximum Gasteiger partial charge on any atom is 0.226 e. The lowest BCUT2D eigenvalue weighted by Gasteiger charge is -2.32. The summed E-state index contributed by atoms with van der Waals surface area (Å²) in [6.45, 7) is 5.23. The maximum absolute atomic E-state index is 12.4.